The molecule has 0 radical (unpaired) electrons. The number of hydrogen-bond donors (Lipinski definition) is 0. The summed E-state index contributed by atoms with van der Waals surface area (Å²) in [5.41, 5.74) is 32.3. The average molecular weight is 993 g/mol. The second-order valence-corrected chi connectivity index (χ2v) is 24.3. The molecule has 0 saturated heterocycles. The number of nitrogens with zero attached hydrogens (tertiary/aromatic N) is 2. The van der Waals surface area contributed by atoms with E-state index in [9.17, 15) is 0 Å². The number of thiophene rings is 2. The Kier molecular flexibility index (Phi) is 8.29. The Labute approximate surface area is 447 Å². The Morgan fingerprint density at radius 2 is 0.760 bits per heavy atom. The van der Waals surface area contributed by atoms with Crippen LogP contribution in [0.1, 0.15) is 85.2 Å². The summed E-state index contributed by atoms with van der Waals surface area (Å²) in [5, 5.41) is 0. The lowest BCUT2D eigenvalue weighted by Crippen LogP contribution is -2.59. The molecule has 0 atom stereocenters. The summed E-state index contributed by atoms with van der Waals surface area (Å²) >= 11 is 4.19. The molecule has 2 nitrogen and oxygen atoms in total. The Morgan fingerprint density at radius 3 is 1.19 bits per heavy atom. The fourth-order valence-corrected chi connectivity index (χ4v) is 18.4. The first kappa shape index (κ1) is 42.4. The van der Waals surface area contributed by atoms with Crippen molar-refractivity contribution in [3.05, 3.63) is 266 Å². The van der Waals surface area contributed by atoms with Gasteiger partial charge in [0.05, 0.1) is 22.2 Å². The van der Waals surface area contributed by atoms with Crippen LogP contribution in [0.25, 0.3) is 44.5 Å². The molecule has 4 heterocycles. The fourth-order valence-electron chi connectivity index (χ4n) is 15.0. The first-order chi connectivity index (χ1) is 36.8. The third kappa shape index (κ3) is 5.03. The molecule has 354 valence electrons. The molecule has 0 unspecified atom stereocenters. The summed E-state index contributed by atoms with van der Waals surface area (Å²) in [7, 11) is 0. The summed E-state index contributed by atoms with van der Waals surface area (Å²) in [5.74, 6) is 0.384. The zero-order chi connectivity index (χ0) is 49.8. The van der Waals surface area contributed by atoms with Crippen LogP contribution in [0.4, 0.5) is 34.1 Å². The first-order valence-corrected chi connectivity index (χ1v) is 28.3. The van der Waals surface area contributed by atoms with Crippen LogP contribution in [0.5, 0.6) is 0 Å². The van der Waals surface area contributed by atoms with Crippen molar-refractivity contribution >= 4 is 78.5 Å². The molecule has 4 aliphatic carbocycles. The third-order valence-electron chi connectivity index (χ3n) is 18.0. The number of aryl methyl sites for hydroxylation is 3. The van der Waals surface area contributed by atoms with Crippen molar-refractivity contribution in [2.75, 3.05) is 9.80 Å². The lowest BCUT2D eigenvalue weighted by Gasteiger charge is -2.43. The molecule has 2 aromatic heterocycles. The van der Waals surface area contributed by atoms with Crippen molar-refractivity contribution in [3.8, 4) is 44.5 Å². The zero-order valence-corrected chi connectivity index (χ0v) is 44.1. The Bertz CT molecular complexity index is 4250. The van der Waals surface area contributed by atoms with Gasteiger partial charge in [-0.15, -0.1) is 22.7 Å². The van der Waals surface area contributed by atoms with E-state index in [0.717, 1.165) is 0 Å². The Balaban J connectivity index is 1.05. The van der Waals surface area contributed by atoms with E-state index < -0.39 is 10.8 Å². The summed E-state index contributed by atoms with van der Waals surface area (Å²) in [6.07, 6.45) is 0. The minimum Gasteiger partial charge on any atom is -0.310 e. The van der Waals surface area contributed by atoms with Crippen molar-refractivity contribution < 1.29 is 0 Å². The largest absolute Gasteiger partial charge is 0.310 e. The Morgan fingerprint density at radius 1 is 0.387 bits per heavy atom. The van der Waals surface area contributed by atoms with Gasteiger partial charge in [-0.3, -0.25) is 0 Å². The predicted octanol–water partition coefficient (Wildman–Crippen LogP) is 16.6. The summed E-state index contributed by atoms with van der Waals surface area (Å²) in [6, 6.07) is 77.8. The van der Waals surface area contributed by atoms with Gasteiger partial charge in [0.15, 0.2) is 0 Å². The summed E-state index contributed by atoms with van der Waals surface area (Å²) in [6.45, 7) is 11.4. The smallest absolute Gasteiger partial charge is 0.277 e. The van der Waals surface area contributed by atoms with Gasteiger partial charge in [0.1, 0.15) is 0 Å². The number of benzene rings is 9. The highest BCUT2D eigenvalue weighted by Gasteiger charge is 2.60. The van der Waals surface area contributed by atoms with Crippen molar-refractivity contribution in [3.63, 3.8) is 0 Å². The van der Waals surface area contributed by atoms with Gasteiger partial charge in [-0.05, 0) is 146 Å². The van der Waals surface area contributed by atoms with E-state index in [4.69, 9.17) is 0 Å². The molecule has 0 amide bonds. The van der Waals surface area contributed by atoms with E-state index in [0.29, 0.717) is 5.92 Å². The number of rotatable bonds is 3. The quantitative estimate of drug-likeness (QED) is 0.163. The van der Waals surface area contributed by atoms with Crippen LogP contribution < -0.4 is 24.8 Å². The summed E-state index contributed by atoms with van der Waals surface area (Å²) < 4.78 is 2.85. The van der Waals surface area contributed by atoms with E-state index in [1.165, 1.54) is 159 Å². The van der Waals surface area contributed by atoms with Crippen LogP contribution in [-0.2, 0) is 10.8 Å². The van der Waals surface area contributed by atoms with Gasteiger partial charge < -0.3 is 9.80 Å². The third-order valence-corrected chi connectivity index (χ3v) is 20.7. The molecule has 75 heavy (non-hydrogen) atoms. The minimum atomic E-state index is -0.489. The first-order valence-electron chi connectivity index (χ1n) is 26.6. The van der Waals surface area contributed by atoms with Crippen LogP contribution in [0.3, 0.4) is 0 Å². The van der Waals surface area contributed by atoms with Crippen LogP contribution in [0.15, 0.2) is 200 Å². The molecule has 0 N–H and O–H groups in total. The molecule has 9 aromatic carbocycles. The summed E-state index contributed by atoms with van der Waals surface area (Å²) in [4.78, 5) is 8.25. The van der Waals surface area contributed by atoms with Crippen molar-refractivity contribution in [2.24, 2.45) is 0 Å². The van der Waals surface area contributed by atoms with Crippen LogP contribution in [0, 0.1) is 20.8 Å². The lowest BCUT2D eigenvalue weighted by atomic mass is 9.39. The molecule has 2 aliphatic heterocycles. The van der Waals surface area contributed by atoms with Gasteiger partial charge in [-0.2, -0.15) is 0 Å². The Hall–Kier alpha value is -7.96. The molecule has 11 aromatic rings. The molecule has 2 spiro atoms. The molecule has 5 heteroatoms. The maximum absolute atomic E-state index is 2.69. The molecule has 0 bridgehead atoms. The SMILES string of the molecule is Cc1ccc(N2c3cc(C)cc4c3B(c3sc5c(c32)-c2ccccc2C52c3ccccc3-c3ccccc32)c2sc3c(c2N4c2ccc(C)cc2)-c2ccc(C(C)C)cc2C32c3ccccc3-c3ccccc32)cc1. The highest BCUT2D eigenvalue weighted by atomic mass is 32.1. The average Bonchev–Trinajstić information content (AvgIpc) is 4.39. The van der Waals surface area contributed by atoms with Gasteiger partial charge in [-0.25, -0.2) is 0 Å². The predicted molar refractivity (Wildman–Crippen MR) is 317 cm³/mol. The molecular weight excluding hydrogens is 944 g/mol. The van der Waals surface area contributed by atoms with E-state index in [2.05, 4.69) is 267 Å². The molecule has 0 fully saturated rings. The second kappa shape index (κ2) is 14.7. The van der Waals surface area contributed by atoms with E-state index in [-0.39, 0.29) is 6.71 Å². The van der Waals surface area contributed by atoms with Crippen LogP contribution >= 0.6 is 22.7 Å². The maximum atomic E-state index is 2.69. The minimum absolute atomic E-state index is 0.0337. The molecular formula is C70H49BN2S2. The van der Waals surface area contributed by atoms with Gasteiger partial charge in [-0.1, -0.05) is 189 Å². The standard InChI is InChI=1S/C70H49BN2S2/c1-39(2)43-30-35-51-57(38-43)70(54-23-13-8-18-48(54)49-19-9-14-24-55(49)70)66-61(51)64-68(75-66)71-62-58(36-42(5)37-59(62)73(64)45-33-28-41(4)29-34-45)72(44-31-26-40(3)27-32-44)63-60-50-20-10-15-25-56(50)69(65(60)74-67(63)71)52-21-11-6-16-46(52)47-17-7-12-22-53(47)69/h6-39H,1-5H3. The number of anilines is 6. The van der Waals surface area contributed by atoms with Crippen molar-refractivity contribution in [1.82, 2.24) is 0 Å². The number of fused-ring (bicyclic) bond motifs is 26. The van der Waals surface area contributed by atoms with Crippen LogP contribution in [0.2, 0.25) is 0 Å². The van der Waals surface area contributed by atoms with Gasteiger partial charge in [0, 0.05) is 53.2 Å². The highest BCUT2D eigenvalue weighted by molar-refractivity contribution is 7.37. The van der Waals surface area contributed by atoms with Crippen molar-refractivity contribution in [1.29, 1.82) is 0 Å². The second-order valence-electron chi connectivity index (χ2n) is 22.2. The fraction of sp³-hybridized carbons (Fsp3) is 0.114. The van der Waals surface area contributed by atoms with E-state index >= 15 is 0 Å². The lowest BCUT2D eigenvalue weighted by molar-refractivity contribution is 0.799. The topological polar surface area (TPSA) is 6.48 Å². The van der Waals surface area contributed by atoms with Gasteiger partial charge in [0.2, 0.25) is 0 Å². The number of hydrogen-bond acceptors (Lipinski definition) is 4. The molecule has 6 aliphatic rings. The van der Waals surface area contributed by atoms with Gasteiger partial charge in [0.25, 0.3) is 6.71 Å². The van der Waals surface area contributed by atoms with Gasteiger partial charge >= 0.3 is 0 Å². The zero-order valence-electron chi connectivity index (χ0n) is 42.4. The maximum Gasteiger partial charge on any atom is 0.277 e. The highest BCUT2D eigenvalue weighted by Crippen LogP contribution is 2.70. The molecule has 17 rings (SSSR count). The van der Waals surface area contributed by atoms with Crippen molar-refractivity contribution in [2.45, 2.75) is 51.4 Å². The normalized spacial score (nSPS) is 15.3. The van der Waals surface area contributed by atoms with E-state index in [1.807, 2.05) is 0 Å². The monoisotopic (exact) mass is 992 g/mol. The molecule has 0 saturated carbocycles. The van der Waals surface area contributed by atoms with Crippen LogP contribution in [-0.4, -0.2) is 6.71 Å². The van der Waals surface area contributed by atoms with E-state index in [1.54, 1.807) is 0 Å².